The summed E-state index contributed by atoms with van der Waals surface area (Å²) in [5.41, 5.74) is 1.02. The first-order valence-corrected chi connectivity index (χ1v) is 4.89. The second kappa shape index (κ2) is 3.84. The number of aromatic nitrogens is 1. The molecule has 5 heteroatoms. The molecule has 0 aliphatic heterocycles. The summed E-state index contributed by atoms with van der Waals surface area (Å²) in [7, 11) is 0. The lowest BCUT2D eigenvalue weighted by Crippen LogP contribution is -2.02. The van der Waals surface area contributed by atoms with Crippen molar-refractivity contribution in [3.8, 4) is 5.75 Å². The molecule has 5 nitrogen and oxygen atoms in total. The monoisotopic (exact) mass is 221 g/mol. The standard InChI is InChI=1S/C11H11NO4/c1-3-15-11(14)10-8(13)7-4-5-12-6(2)9(7)16-10/h4-5,13H,3H2,1-2H3. The molecular weight excluding hydrogens is 210 g/mol. The van der Waals surface area contributed by atoms with E-state index in [1.807, 2.05) is 0 Å². The van der Waals surface area contributed by atoms with E-state index in [2.05, 4.69) is 4.98 Å². The number of nitrogens with zero attached hydrogens (tertiary/aromatic N) is 1. The molecule has 2 rings (SSSR count). The molecule has 1 N–H and O–H groups in total. The second-order valence-electron chi connectivity index (χ2n) is 3.27. The number of aryl methyl sites for hydroxylation is 1. The summed E-state index contributed by atoms with van der Waals surface area (Å²) >= 11 is 0. The predicted molar refractivity (Wildman–Crippen MR) is 56.4 cm³/mol. The first-order chi connectivity index (χ1) is 7.65. The van der Waals surface area contributed by atoms with Gasteiger partial charge in [-0.15, -0.1) is 0 Å². The highest BCUT2D eigenvalue weighted by Crippen LogP contribution is 2.33. The fourth-order valence-corrected chi connectivity index (χ4v) is 1.48. The van der Waals surface area contributed by atoms with Crippen LogP contribution in [0.4, 0.5) is 0 Å². The van der Waals surface area contributed by atoms with Crippen LogP contribution in [-0.4, -0.2) is 22.7 Å². The number of pyridine rings is 1. The van der Waals surface area contributed by atoms with Crippen molar-refractivity contribution in [2.45, 2.75) is 13.8 Å². The van der Waals surface area contributed by atoms with Crippen molar-refractivity contribution in [2.24, 2.45) is 0 Å². The summed E-state index contributed by atoms with van der Waals surface area (Å²) in [4.78, 5) is 15.5. The smallest absolute Gasteiger partial charge is 0.378 e. The van der Waals surface area contributed by atoms with Crippen molar-refractivity contribution in [1.82, 2.24) is 4.98 Å². The van der Waals surface area contributed by atoms with Crippen LogP contribution in [-0.2, 0) is 4.74 Å². The molecule has 0 saturated carbocycles. The summed E-state index contributed by atoms with van der Waals surface area (Å²) in [6, 6.07) is 1.59. The maximum atomic E-state index is 11.5. The average molecular weight is 221 g/mol. The Hall–Kier alpha value is -2.04. The van der Waals surface area contributed by atoms with Gasteiger partial charge in [-0.25, -0.2) is 4.79 Å². The van der Waals surface area contributed by atoms with Crippen molar-refractivity contribution < 1.29 is 19.1 Å². The SMILES string of the molecule is CCOC(=O)c1oc2c(C)nccc2c1O. The fraction of sp³-hybridized carbons (Fsp3) is 0.273. The first kappa shape index (κ1) is 10.5. The quantitative estimate of drug-likeness (QED) is 0.785. The van der Waals surface area contributed by atoms with Gasteiger partial charge in [0.25, 0.3) is 5.76 Å². The summed E-state index contributed by atoms with van der Waals surface area (Å²) in [5.74, 6) is -1.04. The lowest BCUT2D eigenvalue weighted by Gasteiger charge is -1.97. The van der Waals surface area contributed by atoms with Crippen molar-refractivity contribution in [1.29, 1.82) is 0 Å². The molecular formula is C11H11NO4. The summed E-state index contributed by atoms with van der Waals surface area (Å²) in [6.45, 7) is 3.65. The first-order valence-electron chi connectivity index (χ1n) is 4.89. The Labute approximate surface area is 91.7 Å². The highest BCUT2D eigenvalue weighted by Gasteiger charge is 2.22. The number of rotatable bonds is 2. The van der Waals surface area contributed by atoms with Crippen LogP contribution in [0.5, 0.6) is 5.75 Å². The van der Waals surface area contributed by atoms with Gasteiger partial charge in [0.2, 0.25) is 0 Å². The zero-order valence-corrected chi connectivity index (χ0v) is 8.98. The zero-order chi connectivity index (χ0) is 11.7. The van der Waals surface area contributed by atoms with Gasteiger partial charge in [0, 0.05) is 6.20 Å². The number of hydrogen-bond donors (Lipinski definition) is 1. The van der Waals surface area contributed by atoms with Gasteiger partial charge < -0.3 is 14.3 Å². The third-order valence-electron chi connectivity index (χ3n) is 2.22. The van der Waals surface area contributed by atoms with Crippen LogP contribution >= 0.6 is 0 Å². The van der Waals surface area contributed by atoms with Gasteiger partial charge in [0.15, 0.2) is 11.3 Å². The Morgan fingerprint density at radius 1 is 1.62 bits per heavy atom. The van der Waals surface area contributed by atoms with Crippen LogP contribution in [0.3, 0.4) is 0 Å². The van der Waals surface area contributed by atoms with Crippen LogP contribution in [0.15, 0.2) is 16.7 Å². The van der Waals surface area contributed by atoms with Gasteiger partial charge in [-0.3, -0.25) is 4.98 Å². The van der Waals surface area contributed by atoms with Crippen LogP contribution in [0.1, 0.15) is 23.2 Å². The van der Waals surface area contributed by atoms with Gasteiger partial charge in [0.05, 0.1) is 17.7 Å². The van der Waals surface area contributed by atoms with Gasteiger partial charge in [-0.2, -0.15) is 0 Å². The molecule has 84 valence electrons. The normalized spacial score (nSPS) is 10.6. The molecule has 0 spiro atoms. The van der Waals surface area contributed by atoms with Gasteiger partial charge in [0.1, 0.15) is 0 Å². The van der Waals surface area contributed by atoms with Crippen molar-refractivity contribution in [3.63, 3.8) is 0 Å². The van der Waals surface area contributed by atoms with Crippen molar-refractivity contribution in [2.75, 3.05) is 6.61 Å². The number of hydrogen-bond acceptors (Lipinski definition) is 5. The molecule has 0 fully saturated rings. The summed E-state index contributed by atoms with van der Waals surface area (Å²) < 4.78 is 10.0. The topological polar surface area (TPSA) is 72.6 Å². The summed E-state index contributed by atoms with van der Waals surface area (Å²) in [6.07, 6.45) is 1.54. The third kappa shape index (κ3) is 1.50. The molecule has 2 heterocycles. The number of esters is 1. The van der Waals surface area contributed by atoms with E-state index in [1.54, 1.807) is 26.1 Å². The second-order valence-corrected chi connectivity index (χ2v) is 3.27. The Morgan fingerprint density at radius 2 is 2.38 bits per heavy atom. The molecule has 0 amide bonds. The molecule has 0 atom stereocenters. The van der Waals surface area contributed by atoms with E-state index >= 15 is 0 Å². The van der Waals surface area contributed by atoms with E-state index in [9.17, 15) is 9.90 Å². The lowest BCUT2D eigenvalue weighted by atomic mass is 10.2. The van der Waals surface area contributed by atoms with E-state index < -0.39 is 5.97 Å². The van der Waals surface area contributed by atoms with Crippen LogP contribution in [0.2, 0.25) is 0 Å². The Kier molecular flexibility index (Phi) is 2.52. The molecule has 0 radical (unpaired) electrons. The number of carbonyl (C=O) groups is 1. The Bertz CT molecular complexity index is 544. The van der Waals surface area contributed by atoms with E-state index in [0.29, 0.717) is 16.7 Å². The fourth-order valence-electron chi connectivity index (χ4n) is 1.48. The minimum atomic E-state index is -0.671. The Balaban J connectivity index is 2.60. The predicted octanol–water partition coefficient (Wildman–Crippen LogP) is 2.02. The minimum absolute atomic E-state index is 0.173. The number of carbonyl (C=O) groups excluding carboxylic acids is 1. The van der Waals surface area contributed by atoms with Gasteiger partial charge in [-0.1, -0.05) is 0 Å². The number of fused-ring (bicyclic) bond motifs is 1. The molecule has 0 saturated heterocycles. The lowest BCUT2D eigenvalue weighted by molar-refractivity contribution is 0.0488. The highest BCUT2D eigenvalue weighted by molar-refractivity contribution is 5.98. The van der Waals surface area contributed by atoms with Crippen LogP contribution in [0.25, 0.3) is 11.0 Å². The zero-order valence-electron chi connectivity index (χ0n) is 8.98. The van der Waals surface area contributed by atoms with E-state index in [-0.39, 0.29) is 18.1 Å². The molecule has 0 aliphatic rings. The van der Waals surface area contributed by atoms with Crippen LogP contribution < -0.4 is 0 Å². The summed E-state index contributed by atoms with van der Waals surface area (Å²) in [5, 5.41) is 10.3. The number of furan rings is 1. The maximum absolute atomic E-state index is 11.5. The van der Waals surface area contributed by atoms with Crippen molar-refractivity contribution >= 4 is 16.9 Å². The molecule has 0 unspecified atom stereocenters. The maximum Gasteiger partial charge on any atom is 0.378 e. The highest BCUT2D eigenvalue weighted by atomic mass is 16.5. The molecule has 2 aromatic heterocycles. The van der Waals surface area contributed by atoms with Crippen molar-refractivity contribution in [3.05, 3.63) is 23.7 Å². The van der Waals surface area contributed by atoms with Crippen LogP contribution in [0, 0.1) is 6.92 Å². The molecule has 0 aromatic carbocycles. The van der Waals surface area contributed by atoms with E-state index in [1.165, 1.54) is 0 Å². The molecule has 16 heavy (non-hydrogen) atoms. The molecule has 0 bridgehead atoms. The minimum Gasteiger partial charge on any atom is -0.504 e. The number of aromatic hydroxyl groups is 1. The molecule has 2 aromatic rings. The number of ether oxygens (including phenoxy) is 1. The van der Waals surface area contributed by atoms with E-state index in [0.717, 1.165) is 0 Å². The molecule has 0 aliphatic carbocycles. The average Bonchev–Trinajstić information content (AvgIpc) is 2.59. The third-order valence-corrected chi connectivity index (χ3v) is 2.22. The van der Waals surface area contributed by atoms with Gasteiger partial charge in [-0.05, 0) is 19.9 Å². The van der Waals surface area contributed by atoms with Gasteiger partial charge >= 0.3 is 5.97 Å². The van der Waals surface area contributed by atoms with E-state index in [4.69, 9.17) is 9.15 Å². The Morgan fingerprint density at radius 3 is 3.00 bits per heavy atom. The largest absolute Gasteiger partial charge is 0.504 e.